The van der Waals surface area contributed by atoms with Crippen LogP contribution in [0.5, 0.6) is 11.5 Å². The molecular weight excluding hydrogens is 449 g/mol. The molecule has 0 amide bonds. The quantitative estimate of drug-likeness (QED) is 0.447. The largest absolute Gasteiger partial charge is 0.497 e. The molecule has 9 nitrogen and oxygen atoms in total. The monoisotopic (exact) mass is 479 g/mol. The van der Waals surface area contributed by atoms with E-state index in [1.165, 1.54) is 5.56 Å². The van der Waals surface area contributed by atoms with Gasteiger partial charge in [-0.1, -0.05) is 12.1 Å². The molecule has 2 aromatic carbocycles. The van der Waals surface area contributed by atoms with Crippen molar-refractivity contribution >= 4 is 11.9 Å². The predicted octanol–water partition coefficient (Wildman–Crippen LogP) is 1.83. The van der Waals surface area contributed by atoms with E-state index in [4.69, 9.17) is 29.9 Å². The van der Waals surface area contributed by atoms with Gasteiger partial charge in [0.05, 0.1) is 13.7 Å². The molecule has 1 heterocycles. The number of aliphatic hydroxyl groups excluding tert-OH is 2. The molecule has 1 aliphatic rings. The Bertz CT molecular complexity index is 904. The number of carbonyl (C=O) groups is 2. The molecule has 0 saturated carbocycles. The van der Waals surface area contributed by atoms with Crippen molar-refractivity contribution in [3.05, 3.63) is 59.9 Å². The van der Waals surface area contributed by atoms with Gasteiger partial charge in [-0.15, -0.1) is 0 Å². The van der Waals surface area contributed by atoms with Gasteiger partial charge >= 0.3 is 11.9 Å². The lowest BCUT2D eigenvalue weighted by atomic mass is 9.81. The standard InChI is InChI=1S/C20H24FNO2.C4H6O6/c1-22-12-11-20(15-3-5-17(21)6-4-15)16(13-22)14-24-19-9-7-18(23-2)8-10-19;5-1(3(7)8)2(6)4(9)10/h3-10,16,20H,11-14H2,1-2H3;1-2,5-6H,(H,7,8)(H,9,10). The normalized spacial score (nSPS) is 19.8. The van der Waals surface area contributed by atoms with Crippen LogP contribution >= 0.6 is 0 Å². The summed E-state index contributed by atoms with van der Waals surface area (Å²) in [5.74, 6) is -1.26. The Labute approximate surface area is 197 Å². The molecule has 0 bridgehead atoms. The number of nitrogens with zero attached hydrogens (tertiary/aromatic N) is 1. The van der Waals surface area contributed by atoms with Gasteiger partial charge < -0.3 is 34.8 Å². The van der Waals surface area contributed by atoms with Crippen molar-refractivity contribution in [1.29, 1.82) is 0 Å². The van der Waals surface area contributed by atoms with Crippen LogP contribution in [0.3, 0.4) is 0 Å². The van der Waals surface area contributed by atoms with Crippen LogP contribution in [-0.2, 0) is 9.59 Å². The van der Waals surface area contributed by atoms with Gasteiger partial charge in [-0.05, 0) is 67.9 Å². The highest BCUT2D eigenvalue weighted by Crippen LogP contribution is 2.33. The number of halogens is 1. The second-order valence-corrected chi connectivity index (χ2v) is 8.02. The van der Waals surface area contributed by atoms with E-state index >= 15 is 0 Å². The SMILES string of the molecule is COc1ccc(OCC2CN(C)CCC2c2ccc(F)cc2)cc1.O=C(O)C(O)C(O)C(=O)O. The first-order valence-corrected chi connectivity index (χ1v) is 10.6. The highest BCUT2D eigenvalue weighted by molar-refractivity contribution is 5.83. The second kappa shape index (κ2) is 12.9. The highest BCUT2D eigenvalue weighted by Gasteiger charge is 2.30. The number of rotatable bonds is 8. The van der Waals surface area contributed by atoms with Gasteiger partial charge in [0.1, 0.15) is 17.3 Å². The summed E-state index contributed by atoms with van der Waals surface area (Å²) in [6.45, 7) is 2.69. The molecule has 0 aliphatic carbocycles. The molecule has 0 radical (unpaired) electrons. The molecule has 1 aliphatic heterocycles. The van der Waals surface area contributed by atoms with Crippen LogP contribution in [0.25, 0.3) is 0 Å². The van der Waals surface area contributed by atoms with Gasteiger partial charge in [0, 0.05) is 12.5 Å². The van der Waals surface area contributed by atoms with Gasteiger partial charge in [0.15, 0.2) is 12.2 Å². The maximum absolute atomic E-state index is 13.2. The van der Waals surface area contributed by atoms with Gasteiger partial charge in [0.2, 0.25) is 0 Å². The number of hydrogen-bond acceptors (Lipinski definition) is 7. The van der Waals surface area contributed by atoms with Gasteiger partial charge in [-0.3, -0.25) is 0 Å². The molecule has 0 aromatic heterocycles. The number of piperidine rings is 1. The number of aliphatic hydroxyl groups is 2. The summed E-state index contributed by atoms with van der Waals surface area (Å²) in [4.78, 5) is 21.9. The maximum atomic E-state index is 13.2. The van der Waals surface area contributed by atoms with E-state index in [1.807, 2.05) is 36.4 Å². The number of ether oxygens (including phenoxy) is 2. The molecule has 3 rings (SSSR count). The summed E-state index contributed by atoms with van der Waals surface area (Å²) in [6.07, 6.45) is -3.46. The van der Waals surface area contributed by atoms with Crippen molar-refractivity contribution in [3.63, 3.8) is 0 Å². The first-order valence-electron chi connectivity index (χ1n) is 10.6. The van der Waals surface area contributed by atoms with Crippen molar-refractivity contribution < 1.29 is 43.9 Å². The number of hydrogen-bond donors (Lipinski definition) is 4. The average Bonchev–Trinajstić information content (AvgIpc) is 2.83. The molecular formula is C24H30FNO8. The molecule has 0 spiro atoms. The van der Waals surface area contributed by atoms with E-state index in [2.05, 4.69) is 11.9 Å². The van der Waals surface area contributed by atoms with Crippen LogP contribution in [0.4, 0.5) is 4.39 Å². The first-order chi connectivity index (χ1) is 16.1. The zero-order valence-electron chi connectivity index (χ0n) is 19.0. The highest BCUT2D eigenvalue weighted by atomic mass is 19.1. The molecule has 1 fully saturated rings. The zero-order valence-corrected chi connectivity index (χ0v) is 19.0. The Balaban J connectivity index is 0.000000347. The Morgan fingerprint density at radius 2 is 1.53 bits per heavy atom. The molecule has 1 saturated heterocycles. The predicted molar refractivity (Wildman–Crippen MR) is 121 cm³/mol. The van der Waals surface area contributed by atoms with Gasteiger partial charge in [0.25, 0.3) is 0 Å². The van der Waals surface area contributed by atoms with Crippen molar-refractivity contribution in [2.24, 2.45) is 5.92 Å². The Kier molecular flexibility index (Phi) is 10.2. The lowest BCUT2D eigenvalue weighted by Crippen LogP contribution is -2.39. The van der Waals surface area contributed by atoms with Gasteiger partial charge in [-0.25, -0.2) is 14.0 Å². The Morgan fingerprint density at radius 1 is 1.00 bits per heavy atom. The summed E-state index contributed by atoms with van der Waals surface area (Å²) in [5.41, 5.74) is 1.20. The molecule has 4 N–H and O–H groups in total. The van der Waals surface area contributed by atoms with E-state index in [-0.39, 0.29) is 5.82 Å². The van der Waals surface area contributed by atoms with Crippen LogP contribution in [0, 0.1) is 11.7 Å². The van der Waals surface area contributed by atoms with Crippen LogP contribution in [0.2, 0.25) is 0 Å². The number of carboxylic acids is 2. The van der Waals surface area contributed by atoms with E-state index in [1.54, 1.807) is 19.2 Å². The molecule has 2 aromatic rings. The topological polar surface area (TPSA) is 137 Å². The minimum absolute atomic E-state index is 0.183. The van der Waals surface area contributed by atoms with Gasteiger partial charge in [-0.2, -0.15) is 0 Å². The average molecular weight is 480 g/mol. The maximum Gasteiger partial charge on any atom is 0.335 e. The summed E-state index contributed by atoms with van der Waals surface area (Å²) in [5, 5.41) is 32.5. The minimum Gasteiger partial charge on any atom is -0.497 e. The third-order valence-corrected chi connectivity index (χ3v) is 5.56. The third kappa shape index (κ3) is 7.98. The van der Waals surface area contributed by atoms with E-state index < -0.39 is 24.1 Å². The van der Waals surface area contributed by atoms with Crippen LogP contribution in [0.15, 0.2) is 48.5 Å². The third-order valence-electron chi connectivity index (χ3n) is 5.56. The molecule has 4 unspecified atom stereocenters. The van der Waals surface area contributed by atoms with E-state index in [0.717, 1.165) is 31.0 Å². The number of likely N-dealkylation sites (tertiary alicyclic amines) is 1. The van der Waals surface area contributed by atoms with Crippen LogP contribution in [-0.4, -0.2) is 83.3 Å². The van der Waals surface area contributed by atoms with E-state index in [0.29, 0.717) is 18.4 Å². The summed E-state index contributed by atoms with van der Waals surface area (Å²) < 4.78 is 24.4. The summed E-state index contributed by atoms with van der Waals surface area (Å²) >= 11 is 0. The van der Waals surface area contributed by atoms with Crippen molar-refractivity contribution in [3.8, 4) is 11.5 Å². The summed E-state index contributed by atoms with van der Waals surface area (Å²) in [6, 6.07) is 14.6. The Hall–Kier alpha value is -3.21. The van der Waals surface area contributed by atoms with Crippen LogP contribution < -0.4 is 9.47 Å². The van der Waals surface area contributed by atoms with E-state index in [9.17, 15) is 14.0 Å². The molecule has 186 valence electrons. The number of aliphatic carboxylic acids is 2. The Morgan fingerprint density at radius 3 is 2.03 bits per heavy atom. The fourth-order valence-corrected chi connectivity index (χ4v) is 3.68. The fraction of sp³-hybridized carbons (Fsp3) is 0.417. The van der Waals surface area contributed by atoms with Crippen molar-refractivity contribution in [2.75, 3.05) is 33.9 Å². The lowest BCUT2D eigenvalue weighted by Gasteiger charge is -2.37. The lowest BCUT2D eigenvalue weighted by molar-refractivity contribution is -0.165. The zero-order chi connectivity index (χ0) is 25.3. The minimum atomic E-state index is -2.27. The molecule has 10 heteroatoms. The molecule has 34 heavy (non-hydrogen) atoms. The van der Waals surface area contributed by atoms with Crippen molar-refractivity contribution in [2.45, 2.75) is 24.5 Å². The molecule has 4 atom stereocenters. The van der Waals surface area contributed by atoms with Crippen molar-refractivity contribution in [1.82, 2.24) is 4.90 Å². The fourth-order valence-electron chi connectivity index (χ4n) is 3.68. The summed E-state index contributed by atoms with van der Waals surface area (Å²) in [7, 11) is 3.79. The second-order valence-electron chi connectivity index (χ2n) is 8.02. The van der Waals surface area contributed by atoms with Crippen LogP contribution in [0.1, 0.15) is 17.9 Å². The first kappa shape index (κ1) is 27.0. The number of carboxylic acid groups (broad SMARTS) is 2. The number of methoxy groups -OCH3 is 1. The smallest absolute Gasteiger partial charge is 0.335 e. The number of benzene rings is 2.